The summed E-state index contributed by atoms with van der Waals surface area (Å²) in [5, 5.41) is 10.8. The number of benzene rings is 2. The number of methoxy groups -OCH3 is 2. The number of hydrogen-bond donors (Lipinski definition) is 1. The second-order valence-electron chi connectivity index (χ2n) is 6.73. The van der Waals surface area contributed by atoms with E-state index in [2.05, 4.69) is 0 Å². The Kier molecular flexibility index (Phi) is 6.41. The molecule has 28 heavy (non-hydrogen) atoms. The van der Waals surface area contributed by atoms with E-state index in [4.69, 9.17) is 14.2 Å². The number of amides is 1. The van der Waals surface area contributed by atoms with Gasteiger partial charge < -0.3 is 24.2 Å². The Balaban J connectivity index is 1.99. The molecule has 1 heterocycles. The van der Waals surface area contributed by atoms with Crippen LogP contribution in [0.25, 0.3) is 0 Å². The van der Waals surface area contributed by atoms with Crippen molar-refractivity contribution in [3.63, 3.8) is 0 Å². The summed E-state index contributed by atoms with van der Waals surface area (Å²) in [4.78, 5) is 14.3. The molecule has 6 nitrogen and oxygen atoms in total. The maximum atomic E-state index is 12.6. The van der Waals surface area contributed by atoms with E-state index >= 15 is 0 Å². The van der Waals surface area contributed by atoms with Gasteiger partial charge in [0.15, 0.2) is 11.5 Å². The third kappa shape index (κ3) is 4.07. The molecular weight excluding hydrogens is 358 g/mol. The molecule has 6 heteroatoms. The molecule has 1 aliphatic heterocycles. The summed E-state index contributed by atoms with van der Waals surface area (Å²) in [7, 11) is 3.19. The Hall–Kier alpha value is -2.73. The zero-order chi connectivity index (χ0) is 20.1. The maximum absolute atomic E-state index is 12.6. The summed E-state index contributed by atoms with van der Waals surface area (Å²) in [5.74, 6) is 1.26. The van der Waals surface area contributed by atoms with E-state index in [1.807, 2.05) is 42.5 Å². The summed E-state index contributed by atoms with van der Waals surface area (Å²) in [6, 6.07) is 13.0. The number of carbonyl (C=O) groups is 1. The average Bonchev–Trinajstić information content (AvgIpc) is 2.73. The van der Waals surface area contributed by atoms with Crippen LogP contribution in [0.2, 0.25) is 0 Å². The molecule has 2 aromatic rings. The molecule has 0 saturated heterocycles. The van der Waals surface area contributed by atoms with Gasteiger partial charge in [0, 0.05) is 13.0 Å². The summed E-state index contributed by atoms with van der Waals surface area (Å²) < 4.78 is 16.1. The number of hydrogen-bond acceptors (Lipinski definition) is 5. The summed E-state index contributed by atoms with van der Waals surface area (Å²) in [5.41, 5.74) is 2.86. The van der Waals surface area contributed by atoms with Crippen LogP contribution < -0.4 is 9.47 Å². The summed E-state index contributed by atoms with van der Waals surface area (Å²) >= 11 is 0. The van der Waals surface area contributed by atoms with Crippen LogP contribution in [0.1, 0.15) is 42.2 Å². The van der Waals surface area contributed by atoms with Crippen LogP contribution in [0.15, 0.2) is 42.5 Å². The number of ether oxygens (including phenoxy) is 3. The second-order valence-corrected chi connectivity index (χ2v) is 6.73. The van der Waals surface area contributed by atoms with Gasteiger partial charge in [0.05, 0.1) is 33.0 Å². The zero-order valence-electron chi connectivity index (χ0n) is 16.6. The third-order valence-electron chi connectivity index (χ3n) is 5.14. The molecule has 150 valence electrons. The van der Waals surface area contributed by atoms with Crippen molar-refractivity contribution in [3.8, 4) is 11.5 Å². The molecule has 2 atom stereocenters. The van der Waals surface area contributed by atoms with E-state index in [9.17, 15) is 9.90 Å². The van der Waals surface area contributed by atoms with Gasteiger partial charge in [-0.15, -0.1) is 0 Å². The summed E-state index contributed by atoms with van der Waals surface area (Å²) in [6.07, 6.45) is -0.0204. The average molecular weight is 385 g/mol. The normalized spacial score (nSPS) is 16.9. The van der Waals surface area contributed by atoms with E-state index in [0.717, 1.165) is 16.7 Å². The molecule has 0 aliphatic carbocycles. The Labute approximate surface area is 165 Å². The van der Waals surface area contributed by atoms with E-state index in [1.165, 1.54) is 0 Å². The Bertz CT molecular complexity index is 808. The molecule has 3 rings (SSSR count). The zero-order valence-corrected chi connectivity index (χ0v) is 16.6. The van der Waals surface area contributed by atoms with Crippen molar-refractivity contribution in [2.24, 2.45) is 0 Å². The highest BCUT2D eigenvalue weighted by Gasteiger charge is 2.34. The standard InChI is InChI=1S/C22H27NO5/c1-4-28-22(25)23-11-10-16-12-20(26-2)21(27-3)13-17(16)18(23)14-19(24)15-8-6-5-7-9-15/h5-9,12-13,18-19,24H,4,10-11,14H2,1-3H3/t18-,19-/m0/s1. The lowest BCUT2D eigenvalue weighted by molar-refractivity contribution is 0.0644. The fourth-order valence-corrected chi connectivity index (χ4v) is 3.73. The molecule has 1 amide bonds. The number of fused-ring (bicyclic) bond motifs is 1. The van der Waals surface area contributed by atoms with E-state index in [-0.39, 0.29) is 12.1 Å². The first-order valence-electron chi connectivity index (χ1n) is 9.50. The lowest BCUT2D eigenvalue weighted by Crippen LogP contribution is -2.41. The van der Waals surface area contributed by atoms with Gasteiger partial charge in [-0.1, -0.05) is 30.3 Å². The van der Waals surface area contributed by atoms with Crippen molar-refractivity contribution >= 4 is 6.09 Å². The Morgan fingerprint density at radius 1 is 1.18 bits per heavy atom. The first kappa shape index (κ1) is 20.0. The molecule has 0 bridgehead atoms. The largest absolute Gasteiger partial charge is 0.493 e. The van der Waals surface area contributed by atoms with Gasteiger partial charge in [0.1, 0.15) is 0 Å². The lowest BCUT2D eigenvalue weighted by atomic mass is 9.87. The van der Waals surface area contributed by atoms with Crippen molar-refractivity contribution in [2.75, 3.05) is 27.4 Å². The fraction of sp³-hybridized carbons (Fsp3) is 0.409. The predicted octanol–water partition coefficient (Wildman–Crippen LogP) is 3.88. The molecule has 0 aromatic heterocycles. The molecular formula is C22H27NO5. The molecule has 0 unspecified atom stereocenters. The smallest absolute Gasteiger partial charge is 0.410 e. The van der Waals surface area contributed by atoms with Crippen LogP contribution in [0.3, 0.4) is 0 Å². The van der Waals surface area contributed by atoms with E-state index in [1.54, 1.807) is 26.0 Å². The highest BCUT2D eigenvalue weighted by Crippen LogP contribution is 2.41. The fourth-order valence-electron chi connectivity index (χ4n) is 3.73. The van der Waals surface area contributed by atoms with Gasteiger partial charge in [-0.25, -0.2) is 4.79 Å². The van der Waals surface area contributed by atoms with Crippen LogP contribution in [0.5, 0.6) is 11.5 Å². The molecule has 2 aromatic carbocycles. The quantitative estimate of drug-likeness (QED) is 0.817. The molecule has 0 spiro atoms. The van der Waals surface area contributed by atoms with Gasteiger partial charge in [-0.05, 0) is 42.2 Å². The molecule has 0 saturated carbocycles. The van der Waals surface area contributed by atoms with Crippen LogP contribution in [0, 0.1) is 0 Å². The lowest BCUT2D eigenvalue weighted by Gasteiger charge is -2.38. The minimum atomic E-state index is -0.706. The number of nitrogens with zero attached hydrogens (tertiary/aromatic N) is 1. The third-order valence-corrected chi connectivity index (χ3v) is 5.14. The molecule has 1 N–H and O–H groups in total. The minimum absolute atomic E-state index is 0.308. The Morgan fingerprint density at radius 2 is 1.86 bits per heavy atom. The van der Waals surface area contributed by atoms with Crippen LogP contribution in [0.4, 0.5) is 4.79 Å². The SMILES string of the molecule is CCOC(=O)N1CCc2cc(OC)c(OC)cc2[C@@H]1C[C@H](O)c1ccccc1. The molecule has 1 aliphatic rings. The first-order valence-corrected chi connectivity index (χ1v) is 9.50. The summed E-state index contributed by atoms with van der Waals surface area (Å²) in [6.45, 7) is 2.62. The highest BCUT2D eigenvalue weighted by molar-refractivity contribution is 5.69. The minimum Gasteiger partial charge on any atom is -0.493 e. The Morgan fingerprint density at radius 3 is 2.50 bits per heavy atom. The van der Waals surface area contributed by atoms with Crippen LogP contribution in [-0.2, 0) is 11.2 Å². The second kappa shape index (κ2) is 8.97. The highest BCUT2D eigenvalue weighted by atomic mass is 16.6. The topological polar surface area (TPSA) is 68.2 Å². The van der Waals surface area contributed by atoms with Crippen molar-refractivity contribution in [1.82, 2.24) is 4.90 Å². The van der Waals surface area contributed by atoms with E-state index < -0.39 is 6.10 Å². The molecule has 0 radical (unpaired) electrons. The van der Waals surface area contributed by atoms with Gasteiger partial charge in [0.25, 0.3) is 0 Å². The van der Waals surface area contributed by atoms with Crippen molar-refractivity contribution in [1.29, 1.82) is 0 Å². The van der Waals surface area contributed by atoms with Crippen molar-refractivity contribution < 1.29 is 24.1 Å². The van der Waals surface area contributed by atoms with Gasteiger partial charge in [-0.2, -0.15) is 0 Å². The number of rotatable bonds is 6. The van der Waals surface area contributed by atoms with Crippen molar-refractivity contribution in [2.45, 2.75) is 31.9 Å². The number of aliphatic hydroxyl groups is 1. The van der Waals surface area contributed by atoms with E-state index in [0.29, 0.717) is 37.5 Å². The number of aliphatic hydroxyl groups excluding tert-OH is 1. The van der Waals surface area contributed by atoms with Crippen LogP contribution in [-0.4, -0.2) is 43.5 Å². The monoisotopic (exact) mass is 385 g/mol. The predicted molar refractivity (Wildman–Crippen MR) is 106 cm³/mol. The first-order chi connectivity index (χ1) is 13.6. The van der Waals surface area contributed by atoms with Gasteiger partial charge in [-0.3, -0.25) is 0 Å². The maximum Gasteiger partial charge on any atom is 0.410 e. The molecule has 0 fully saturated rings. The van der Waals surface area contributed by atoms with Gasteiger partial charge in [0.2, 0.25) is 0 Å². The number of carbonyl (C=O) groups excluding carboxylic acids is 1. The van der Waals surface area contributed by atoms with Crippen LogP contribution >= 0.6 is 0 Å². The van der Waals surface area contributed by atoms with Crippen molar-refractivity contribution in [3.05, 3.63) is 59.2 Å². The van der Waals surface area contributed by atoms with Gasteiger partial charge >= 0.3 is 6.09 Å².